The van der Waals surface area contributed by atoms with Crippen molar-refractivity contribution in [3.05, 3.63) is 0 Å². The topological polar surface area (TPSA) is 42.0 Å². The van der Waals surface area contributed by atoms with Crippen molar-refractivity contribution >= 4 is 5.91 Å². The first-order chi connectivity index (χ1) is 12.2. The van der Waals surface area contributed by atoms with Gasteiger partial charge in [-0.1, -0.05) is 0 Å². The molecular formula is C20H32N2O3. The van der Waals surface area contributed by atoms with Crippen LogP contribution in [0.15, 0.2) is 0 Å². The molecule has 0 aromatic carbocycles. The Hall–Kier alpha value is -0.650. The number of piperazine rings is 1. The molecule has 4 bridgehead atoms. The van der Waals surface area contributed by atoms with E-state index in [1.54, 1.807) is 0 Å². The van der Waals surface area contributed by atoms with Gasteiger partial charge in [0.05, 0.1) is 31.3 Å². The molecule has 4 saturated carbocycles. The predicted molar refractivity (Wildman–Crippen MR) is 94.2 cm³/mol. The van der Waals surface area contributed by atoms with Gasteiger partial charge in [0.2, 0.25) is 5.91 Å². The molecular weight excluding hydrogens is 316 g/mol. The van der Waals surface area contributed by atoms with Crippen LogP contribution in [0.2, 0.25) is 0 Å². The summed E-state index contributed by atoms with van der Waals surface area (Å²) in [6, 6.07) is 0. The van der Waals surface area contributed by atoms with Crippen molar-refractivity contribution in [1.29, 1.82) is 0 Å². The second kappa shape index (κ2) is 6.50. The van der Waals surface area contributed by atoms with Gasteiger partial charge >= 0.3 is 0 Å². The number of carbonyl (C=O) groups excluding carboxylic acids is 1. The van der Waals surface area contributed by atoms with E-state index in [1.807, 2.05) is 0 Å². The van der Waals surface area contributed by atoms with E-state index in [0.717, 1.165) is 63.7 Å². The van der Waals surface area contributed by atoms with Crippen molar-refractivity contribution in [2.24, 2.45) is 23.2 Å². The molecule has 0 N–H and O–H groups in total. The van der Waals surface area contributed by atoms with Gasteiger partial charge in [-0.3, -0.25) is 9.69 Å². The average Bonchev–Trinajstić information content (AvgIpc) is 2.61. The summed E-state index contributed by atoms with van der Waals surface area (Å²) < 4.78 is 11.3. The molecule has 5 heteroatoms. The Balaban J connectivity index is 1.17. The first-order valence-corrected chi connectivity index (χ1v) is 10.4. The van der Waals surface area contributed by atoms with Crippen LogP contribution in [0.5, 0.6) is 0 Å². The molecule has 2 aliphatic heterocycles. The van der Waals surface area contributed by atoms with Crippen molar-refractivity contribution in [2.75, 3.05) is 52.5 Å². The Labute approximate surface area is 151 Å². The summed E-state index contributed by atoms with van der Waals surface area (Å²) in [6.45, 7) is 6.86. The van der Waals surface area contributed by atoms with E-state index in [9.17, 15) is 4.79 Å². The smallest absolute Gasteiger partial charge is 0.228 e. The van der Waals surface area contributed by atoms with E-state index >= 15 is 0 Å². The quantitative estimate of drug-likeness (QED) is 0.779. The number of carbonyl (C=O) groups is 1. The maximum atomic E-state index is 13.4. The summed E-state index contributed by atoms with van der Waals surface area (Å²) >= 11 is 0. The fraction of sp³-hybridized carbons (Fsp3) is 0.950. The minimum absolute atomic E-state index is 0.0250. The highest BCUT2D eigenvalue weighted by atomic mass is 16.6. The van der Waals surface area contributed by atoms with Crippen LogP contribution >= 0.6 is 0 Å². The third-order valence-electron chi connectivity index (χ3n) is 7.50. The molecule has 1 atom stereocenters. The summed E-state index contributed by atoms with van der Waals surface area (Å²) in [5.41, 5.74) is 0.0250. The Bertz CT molecular complexity index is 474. The number of rotatable bonds is 3. The highest BCUT2D eigenvalue weighted by molar-refractivity contribution is 5.83. The van der Waals surface area contributed by atoms with Crippen molar-refractivity contribution in [2.45, 2.75) is 44.6 Å². The molecule has 25 heavy (non-hydrogen) atoms. The van der Waals surface area contributed by atoms with Crippen molar-refractivity contribution in [1.82, 2.24) is 9.80 Å². The van der Waals surface area contributed by atoms with E-state index in [2.05, 4.69) is 9.80 Å². The molecule has 0 aromatic heterocycles. The minimum atomic E-state index is 0.0250. The summed E-state index contributed by atoms with van der Waals surface area (Å²) in [5.74, 6) is 3.04. The number of nitrogens with zero attached hydrogens (tertiary/aromatic N) is 2. The summed E-state index contributed by atoms with van der Waals surface area (Å²) in [6.07, 6.45) is 7.98. The van der Waals surface area contributed by atoms with E-state index in [4.69, 9.17) is 9.47 Å². The molecule has 5 nitrogen and oxygen atoms in total. The molecule has 6 aliphatic rings. The lowest BCUT2D eigenvalue weighted by atomic mass is 9.49. The molecule has 2 heterocycles. The lowest BCUT2D eigenvalue weighted by Gasteiger charge is -2.57. The van der Waals surface area contributed by atoms with Crippen molar-refractivity contribution in [3.8, 4) is 0 Å². The highest BCUT2D eigenvalue weighted by Gasteiger charge is 2.55. The Kier molecular flexibility index (Phi) is 4.30. The maximum absolute atomic E-state index is 13.4. The maximum Gasteiger partial charge on any atom is 0.228 e. The average molecular weight is 348 g/mol. The van der Waals surface area contributed by atoms with Crippen LogP contribution in [0.4, 0.5) is 0 Å². The third-order valence-corrected chi connectivity index (χ3v) is 7.50. The van der Waals surface area contributed by atoms with Gasteiger partial charge in [0, 0.05) is 32.7 Å². The number of amides is 1. The first kappa shape index (κ1) is 16.5. The van der Waals surface area contributed by atoms with Crippen LogP contribution in [-0.2, 0) is 14.3 Å². The van der Waals surface area contributed by atoms with E-state index in [0.29, 0.717) is 12.5 Å². The van der Waals surface area contributed by atoms with Gasteiger partial charge in [-0.15, -0.1) is 0 Å². The zero-order valence-electron chi connectivity index (χ0n) is 15.3. The molecule has 2 saturated heterocycles. The van der Waals surface area contributed by atoms with Crippen LogP contribution in [0.25, 0.3) is 0 Å². The Morgan fingerprint density at radius 1 is 0.920 bits per heavy atom. The fourth-order valence-corrected chi connectivity index (χ4v) is 6.77. The lowest BCUT2D eigenvalue weighted by Crippen LogP contribution is -2.58. The normalized spacial score (nSPS) is 44.2. The number of ether oxygens (including phenoxy) is 2. The number of hydrogen-bond acceptors (Lipinski definition) is 4. The van der Waals surface area contributed by atoms with Crippen LogP contribution in [-0.4, -0.2) is 74.4 Å². The van der Waals surface area contributed by atoms with Gasteiger partial charge in [0.25, 0.3) is 0 Å². The Morgan fingerprint density at radius 3 is 2.12 bits per heavy atom. The van der Waals surface area contributed by atoms with E-state index in [1.165, 1.54) is 38.5 Å². The summed E-state index contributed by atoms with van der Waals surface area (Å²) in [7, 11) is 0. The van der Waals surface area contributed by atoms with Crippen LogP contribution in [0.3, 0.4) is 0 Å². The second-order valence-electron chi connectivity index (χ2n) is 9.36. The van der Waals surface area contributed by atoms with Gasteiger partial charge in [-0.2, -0.15) is 0 Å². The number of hydrogen-bond donors (Lipinski definition) is 0. The third kappa shape index (κ3) is 3.13. The monoisotopic (exact) mass is 348 g/mol. The predicted octanol–water partition coefficient (Wildman–Crippen LogP) is 1.76. The highest BCUT2D eigenvalue weighted by Crippen LogP contribution is 2.60. The van der Waals surface area contributed by atoms with Gasteiger partial charge in [0.15, 0.2) is 0 Å². The molecule has 6 rings (SSSR count). The van der Waals surface area contributed by atoms with Crippen LogP contribution in [0.1, 0.15) is 38.5 Å². The minimum Gasteiger partial charge on any atom is -0.376 e. The summed E-state index contributed by atoms with van der Waals surface area (Å²) in [5, 5.41) is 0. The zero-order chi connectivity index (χ0) is 16.9. The van der Waals surface area contributed by atoms with E-state index < -0.39 is 0 Å². The standard InChI is InChI=1S/C20H32N2O3/c23-19(20-10-15-7-16(11-20)9-17(8-15)12-20)22-3-1-21(2-4-22)13-18-14-24-5-6-25-18/h15-18H,1-14H2. The first-order valence-electron chi connectivity index (χ1n) is 10.4. The molecule has 6 fully saturated rings. The van der Waals surface area contributed by atoms with Crippen LogP contribution in [0, 0.1) is 23.2 Å². The molecule has 0 aromatic rings. The Morgan fingerprint density at radius 2 is 1.56 bits per heavy atom. The molecule has 140 valence electrons. The zero-order valence-corrected chi connectivity index (χ0v) is 15.3. The molecule has 4 aliphatic carbocycles. The van der Waals surface area contributed by atoms with Gasteiger partial charge in [-0.25, -0.2) is 0 Å². The second-order valence-corrected chi connectivity index (χ2v) is 9.36. The SMILES string of the molecule is O=C(N1CCN(CC2COCCO2)CC1)C12CC3CC(CC(C3)C1)C2. The van der Waals surface area contributed by atoms with Gasteiger partial charge < -0.3 is 14.4 Å². The largest absolute Gasteiger partial charge is 0.376 e. The molecule has 0 spiro atoms. The van der Waals surface area contributed by atoms with E-state index in [-0.39, 0.29) is 11.5 Å². The summed E-state index contributed by atoms with van der Waals surface area (Å²) in [4.78, 5) is 18.1. The molecule has 0 radical (unpaired) electrons. The van der Waals surface area contributed by atoms with Gasteiger partial charge in [-0.05, 0) is 56.3 Å². The lowest BCUT2D eigenvalue weighted by molar-refractivity contribution is -0.160. The molecule has 1 amide bonds. The van der Waals surface area contributed by atoms with Gasteiger partial charge in [0.1, 0.15) is 0 Å². The molecule has 1 unspecified atom stereocenters. The van der Waals surface area contributed by atoms with Crippen molar-refractivity contribution < 1.29 is 14.3 Å². The van der Waals surface area contributed by atoms with Crippen molar-refractivity contribution in [3.63, 3.8) is 0 Å². The van der Waals surface area contributed by atoms with Crippen LogP contribution < -0.4 is 0 Å². The fourth-order valence-electron chi connectivity index (χ4n) is 6.77.